The first-order valence-corrected chi connectivity index (χ1v) is 17.9. The molecule has 0 aliphatic rings. The molecule has 4 heterocycles. The fraction of sp³-hybridized carbons (Fsp3) is 0. The maximum Gasteiger partial charge on any atom is 0.228 e. The number of hydrogen-bond acceptors (Lipinski definition) is 6. The Hall–Kier alpha value is -7.44. The molecule has 252 valence electrons. The van der Waals surface area contributed by atoms with Gasteiger partial charge in [0.25, 0.3) is 0 Å². The molecule has 0 radical (unpaired) electrons. The van der Waals surface area contributed by atoms with Crippen LogP contribution in [0.4, 0.5) is 0 Å². The van der Waals surface area contributed by atoms with Gasteiger partial charge in [-0.3, -0.25) is 0 Å². The number of furan rings is 2. The summed E-state index contributed by atoms with van der Waals surface area (Å²) in [6.07, 6.45) is 0. The lowest BCUT2D eigenvalue weighted by atomic mass is 9.95. The summed E-state index contributed by atoms with van der Waals surface area (Å²) >= 11 is 0. The number of fused-ring (bicyclic) bond motifs is 8. The van der Waals surface area contributed by atoms with Crippen molar-refractivity contribution in [2.24, 2.45) is 0 Å². The van der Waals surface area contributed by atoms with Crippen LogP contribution in [0.5, 0.6) is 0 Å². The summed E-state index contributed by atoms with van der Waals surface area (Å²) < 4.78 is 12.8. The second-order valence-corrected chi connectivity index (χ2v) is 13.4. The predicted octanol–water partition coefficient (Wildman–Crippen LogP) is 12.6. The Kier molecular flexibility index (Phi) is 6.75. The van der Waals surface area contributed by atoms with Gasteiger partial charge in [-0.05, 0) is 40.8 Å². The maximum absolute atomic E-state index is 6.44. The molecule has 0 fully saturated rings. The molecule has 6 nitrogen and oxygen atoms in total. The molecular weight excluding hydrogens is 665 g/mol. The van der Waals surface area contributed by atoms with E-state index in [1.54, 1.807) is 0 Å². The second-order valence-electron chi connectivity index (χ2n) is 13.4. The van der Waals surface area contributed by atoms with E-state index in [2.05, 4.69) is 84.9 Å². The van der Waals surface area contributed by atoms with Crippen LogP contribution >= 0.6 is 0 Å². The third-order valence-electron chi connectivity index (χ3n) is 10.2. The monoisotopic (exact) mass is 692 g/mol. The quantitative estimate of drug-likeness (QED) is 0.179. The molecule has 11 rings (SSSR count). The van der Waals surface area contributed by atoms with Crippen molar-refractivity contribution in [2.75, 3.05) is 0 Å². The zero-order valence-corrected chi connectivity index (χ0v) is 28.8. The first-order valence-electron chi connectivity index (χ1n) is 17.9. The van der Waals surface area contributed by atoms with Gasteiger partial charge in [-0.25, -0.2) is 19.9 Å². The first-order chi connectivity index (χ1) is 26.8. The van der Waals surface area contributed by atoms with E-state index in [1.165, 1.54) is 0 Å². The second kappa shape index (κ2) is 12.1. The van der Waals surface area contributed by atoms with Gasteiger partial charge in [0.2, 0.25) is 5.71 Å². The molecule has 0 spiro atoms. The average molecular weight is 693 g/mol. The zero-order valence-electron chi connectivity index (χ0n) is 28.8. The van der Waals surface area contributed by atoms with Crippen LogP contribution in [0, 0.1) is 0 Å². The fourth-order valence-electron chi connectivity index (χ4n) is 7.68. The minimum absolute atomic E-state index is 0.543. The number of benzene rings is 7. The molecule has 0 saturated heterocycles. The number of para-hydroxylation sites is 3. The molecule has 0 aliphatic heterocycles. The van der Waals surface area contributed by atoms with Crippen LogP contribution in [0.3, 0.4) is 0 Å². The summed E-state index contributed by atoms with van der Waals surface area (Å²) in [6.45, 7) is 0. The van der Waals surface area contributed by atoms with Crippen molar-refractivity contribution < 1.29 is 8.83 Å². The van der Waals surface area contributed by atoms with Crippen LogP contribution in [0.25, 0.3) is 111 Å². The van der Waals surface area contributed by atoms with E-state index in [0.29, 0.717) is 23.2 Å². The van der Waals surface area contributed by atoms with Crippen molar-refractivity contribution in [3.8, 4) is 56.5 Å². The van der Waals surface area contributed by atoms with Crippen molar-refractivity contribution in [1.29, 1.82) is 0 Å². The Morgan fingerprint density at radius 1 is 0.333 bits per heavy atom. The Morgan fingerprint density at radius 3 is 1.72 bits per heavy atom. The smallest absolute Gasteiger partial charge is 0.228 e. The van der Waals surface area contributed by atoms with Crippen LogP contribution in [0.2, 0.25) is 0 Å². The Labute approximate surface area is 309 Å². The van der Waals surface area contributed by atoms with Crippen LogP contribution < -0.4 is 0 Å². The molecule has 0 unspecified atom stereocenters. The topological polar surface area (TPSA) is 77.8 Å². The molecule has 6 heteroatoms. The number of hydrogen-bond donors (Lipinski definition) is 0. The molecule has 0 saturated carbocycles. The highest BCUT2D eigenvalue weighted by molar-refractivity contribution is 6.20. The molecule has 54 heavy (non-hydrogen) atoms. The minimum atomic E-state index is 0.543. The number of rotatable bonds is 5. The van der Waals surface area contributed by atoms with Gasteiger partial charge in [-0.15, -0.1) is 0 Å². The average Bonchev–Trinajstić information content (AvgIpc) is 3.82. The highest BCUT2D eigenvalue weighted by Gasteiger charge is 2.20. The molecule has 11 aromatic rings. The van der Waals surface area contributed by atoms with Gasteiger partial charge in [0, 0.05) is 38.2 Å². The molecular formula is C48H28N4O2. The largest absolute Gasteiger partial charge is 0.455 e. The van der Waals surface area contributed by atoms with Gasteiger partial charge in [-0.1, -0.05) is 146 Å². The summed E-state index contributed by atoms with van der Waals surface area (Å²) in [6, 6.07) is 57.6. The zero-order chi connectivity index (χ0) is 35.6. The van der Waals surface area contributed by atoms with Crippen molar-refractivity contribution in [3.63, 3.8) is 0 Å². The van der Waals surface area contributed by atoms with E-state index in [0.717, 1.165) is 88.1 Å². The molecule has 0 bridgehead atoms. The Bertz CT molecular complexity index is 3240. The number of pyridine rings is 1. The van der Waals surface area contributed by atoms with E-state index in [-0.39, 0.29) is 0 Å². The normalized spacial score (nSPS) is 11.7. The molecule has 0 amide bonds. The standard InChI is InChI=1S/C48H28N4O2/c1-2-14-29(15-3-1)45-50-46(52-47(51-45)39-25-13-24-36-33-19-8-10-26-40(33)53-44(36)39)37-22-7-4-18-32(37)30-16-12-17-31(28-30)43-35-21-6-5-20-34(35)42-38-23-9-11-27-41(38)54-48(42)49-43/h1-28H. The van der Waals surface area contributed by atoms with Crippen LogP contribution in [-0.4, -0.2) is 19.9 Å². The highest BCUT2D eigenvalue weighted by atomic mass is 16.3. The van der Waals surface area contributed by atoms with Crippen molar-refractivity contribution in [2.45, 2.75) is 0 Å². The van der Waals surface area contributed by atoms with E-state index in [9.17, 15) is 0 Å². The van der Waals surface area contributed by atoms with E-state index in [1.807, 2.05) is 84.9 Å². The SMILES string of the molecule is c1ccc(-c2nc(-c3ccccc3-c3cccc(-c4nc5oc6ccccc6c5c5ccccc45)c3)nc(-c3cccc4c3oc3ccccc34)n2)cc1. The van der Waals surface area contributed by atoms with Gasteiger partial charge in [0.05, 0.1) is 16.6 Å². The maximum atomic E-state index is 6.44. The Balaban J connectivity index is 1.10. The van der Waals surface area contributed by atoms with E-state index < -0.39 is 0 Å². The van der Waals surface area contributed by atoms with E-state index in [4.69, 9.17) is 28.8 Å². The Morgan fingerprint density at radius 2 is 0.889 bits per heavy atom. The molecule has 0 aliphatic carbocycles. The van der Waals surface area contributed by atoms with Crippen LogP contribution in [0.15, 0.2) is 179 Å². The lowest BCUT2D eigenvalue weighted by Crippen LogP contribution is -2.01. The van der Waals surface area contributed by atoms with Crippen molar-refractivity contribution >= 4 is 54.8 Å². The van der Waals surface area contributed by atoms with E-state index >= 15 is 0 Å². The lowest BCUT2D eigenvalue weighted by Gasteiger charge is -2.13. The molecule has 7 aromatic carbocycles. The fourth-order valence-corrected chi connectivity index (χ4v) is 7.68. The molecule has 0 atom stereocenters. The predicted molar refractivity (Wildman–Crippen MR) is 217 cm³/mol. The number of nitrogens with zero attached hydrogens (tertiary/aromatic N) is 4. The van der Waals surface area contributed by atoms with Gasteiger partial charge in [0.15, 0.2) is 17.5 Å². The number of aromatic nitrogens is 4. The van der Waals surface area contributed by atoms with Gasteiger partial charge >= 0.3 is 0 Å². The summed E-state index contributed by atoms with van der Waals surface area (Å²) in [5.41, 5.74) is 9.48. The third-order valence-corrected chi connectivity index (χ3v) is 10.2. The van der Waals surface area contributed by atoms with Crippen molar-refractivity contribution in [3.05, 3.63) is 170 Å². The summed E-state index contributed by atoms with van der Waals surface area (Å²) in [7, 11) is 0. The highest BCUT2D eigenvalue weighted by Crippen LogP contribution is 2.40. The molecule has 4 aromatic heterocycles. The molecule has 0 N–H and O–H groups in total. The third kappa shape index (κ3) is 4.81. The van der Waals surface area contributed by atoms with Crippen molar-refractivity contribution in [1.82, 2.24) is 19.9 Å². The van der Waals surface area contributed by atoms with Gasteiger partial charge in [-0.2, -0.15) is 0 Å². The first kappa shape index (κ1) is 30.2. The van der Waals surface area contributed by atoms with Crippen LogP contribution in [-0.2, 0) is 0 Å². The van der Waals surface area contributed by atoms with Gasteiger partial charge in [0.1, 0.15) is 16.7 Å². The minimum Gasteiger partial charge on any atom is -0.455 e. The summed E-state index contributed by atoms with van der Waals surface area (Å²) in [5.74, 6) is 1.70. The summed E-state index contributed by atoms with van der Waals surface area (Å²) in [4.78, 5) is 20.5. The van der Waals surface area contributed by atoms with Gasteiger partial charge < -0.3 is 8.83 Å². The lowest BCUT2D eigenvalue weighted by molar-refractivity contribution is 0.655. The van der Waals surface area contributed by atoms with Crippen LogP contribution in [0.1, 0.15) is 0 Å². The summed E-state index contributed by atoms with van der Waals surface area (Å²) in [5, 5.41) is 6.35.